The lowest BCUT2D eigenvalue weighted by molar-refractivity contribution is 1.16. The smallest absolute Gasteiger partial charge is 0.222 e. The molecule has 2 heterocycles. The molecule has 20 heavy (non-hydrogen) atoms. The molecule has 98 valence electrons. The highest BCUT2D eigenvalue weighted by Gasteiger charge is 2.12. The standard InChI is InChI=1S/C14H7ClIN3S/c15-14-18-7-9(5-6-20-16)13(19-14)11-8-17-12-4-2-1-3-10(11)12/h1-4,7-8,17H. The molecule has 3 aromatic rings. The normalized spacial score (nSPS) is 10.3. The van der Waals surface area contributed by atoms with Crippen LogP contribution in [0.3, 0.4) is 0 Å². The van der Waals surface area contributed by atoms with E-state index in [1.54, 1.807) is 6.20 Å². The highest BCUT2D eigenvalue weighted by Crippen LogP contribution is 2.29. The molecular weight excluding hydrogens is 405 g/mol. The van der Waals surface area contributed by atoms with Crippen LogP contribution in [0.2, 0.25) is 5.28 Å². The van der Waals surface area contributed by atoms with Crippen molar-refractivity contribution in [3.05, 3.63) is 47.5 Å². The summed E-state index contributed by atoms with van der Waals surface area (Å²) >= 11 is 8.06. The monoisotopic (exact) mass is 411 g/mol. The van der Waals surface area contributed by atoms with Crippen LogP contribution >= 0.6 is 41.7 Å². The molecule has 1 aromatic carbocycles. The summed E-state index contributed by atoms with van der Waals surface area (Å²) in [4.78, 5) is 11.6. The van der Waals surface area contributed by atoms with E-state index in [2.05, 4.69) is 47.3 Å². The lowest BCUT2D eigenvalue weighted by Gasteiger charge is -2.02. The maximum atomic E-state index is 5.93. The average Bonchev–Trinajstić information content (AvgIpc) is 2.90. The van der Waals surface area contributed by atoms with Crippen LogP contribution < -0.4 is 0 Å². The van der Waals surface area contributed by atoms with Crippen LogP contribution in [0.15, 0.2) is 36.7 Å². The van der Waals surface area contributed by atoms with Crippen LogP contribution in [0.25, 0.3) is 22.2 Å². The van der Waals surface area contributed by atoms with Crippen molar-refractivity contribution >= 4 is 52.6 Å². The Morgan fingerprint density at radius 1 is 1.30 bits per heavy atom. The summed E-state index contributed by atoms with van der Waals surface area (Å²) < 4.78 is 0. The van der Waals surface area contributed by atoms with Crippen molar-refractivity contribution in [1.82, 2.24) is 15.0 Å². The summed E-state index contributed by atoms with van der Waals surface area (Å²) in [5, 5.41) is 4.27. The van der Waals surface area contributed by atoms with Gasteiger partial charge in [-0.3, -0.25) is 0 Å². The van der Waals surface area contributed by atoms with Gasteiger partial charge in [0.2, 0.25) is 5.28 Å². The van der Waals surface area contributed by atoms with Crippen LogP contribution in [0.4, 0.5) is 0 Å². The summed E-state index contributed by atoms with van der Waals surface area (Å²) in [5.74, 6) is 3.05. The zero-order chi connectivity index (χ0) is 13.9. The molecule has 0 radical (unpaired) electrons. The van der Waals surface area contributed by atoms with Crippen LogP contribution in [-0.2, 0) is 0 Å². The molecule has 0 aliphatic rings. The number of rotatable bonds is 1. The van der Waals surface area contributed by atoms with E-state index < -0.39 is 0 Å². The third-order valence-electron chi connectivity index (χ3n) is 2.83. The number of nitrogens with zero attached hydrogens (tertiary/aromatic N) is 2. The number of aromatic nitrogens is 3. The average molecular weight is 412 g/mol. The summed E-state index contributed by atoms with van der Waals surface area (Å²) in [5.41, 5.74) is 3.55. The predicted octanol–water partition coefficient (Wildman–Crippen LogP) is 4.67. The molecule has 3 nitrogen and oxygen atoms in total. The van der Waals surface area contributed by atoms with Crippen molar-refractivity contribution in [1.29, 1.82) is 0 Å². The molecule has 0 bridgehead atoms. The number of hydrogen-bond donors (Lipinski definition) is 1. The lowest BCUT2D eigenvalue weighted by atomic mass is 10.1. The van der Waals surface area contributed by atoms with Crippen LogP contribution in [-0.4, -0.2) is 15.0 Å². The summed E-state index contributed by atoms with van der Waals surface area (Å²) in [6, 6.07) is 8.05. The molecule has 6 heteroatoms. The topological polar surface area (TPSA) is 41.6 Å². The molecule has 0 spiro atoms. The number of nitrogens with one attached hydrogen (secondary N) is 1. The van der Waals surface area contributed by atoms with Crippen molar-refractivity contribution in [3.8, 4) is 22.4 Å². The molecule has 3 rings (SSSR count). The Kier molecular flexibility index (Phi) is 4.15. The van der Waals surface area contributed by atoms with E-state index in [4.69, 9.17) is 11.6 Å². The highest BCUT2D eigenvalue weighted by atomic mass is 127. The maximum absolute atomic E-state index is 5.93. The number of para-hydroxylation sites is 1. The molecule has 0 aliphatic heterocycles. The van der Waals surface area contributed by atoms with Crippen molar-refractivity contribution in [2.45, 2.75) is 0 Å². The molecule has 0 fully saturated rings. The Labute approximate surface area is 137 Å². The minimum Gasteiger partial charge on any atom is -0.360 e. The molecule has 1 N–H and O–H groups in total. The van der Waals surface area contributed by atoms with Gasteiger partial charge in [-0.05, 0) is 31.9 Å². The Hall–Kier alpha value is -1.23. The molecule has 0 aliphatic carbocycles. The summed E-state index contributed by atoms with van der Waals surface area (Å²) in [7, 11) is 1.42. The van der Waals surface area contributed by atoms with Gasteiger partial charge in [-0.1, -0.05) is 24.1 Å². The SMILES string of the molecule is Clc1ncc(C#CSI)c(-c2c[nH]c3ccccc23)n1. The molecule has 0 saturated heterocycles. The number of hydrogen-bond acceptors (Lipinski definition) is 3. The van der Waals surface area contributed by atoms with Gasteiger partial charge in [0.1, 0.15) is 0 Å². The van der Waals surface area contributed by atoms with Crippen LogP contribution in [0, 0.1) is 11.2 Å². The van der Waals surface area contributed by atoms with Crippen molar-refractivity contribution < 1.29 is 0 Å². The first-order valence-corrected chi connectivity index (χ1v) is 9.41. The second-order valence-electron chi connectivity index (χ2n) is 3.95. The van der Waals surface area contributed by atoms with Crippen molar-refractivity contribution in [2.75, 3.05) is 0 Å². The Bertz CT molecular complexity index is 835. The van der Waals surface area contributed by atoms with Gasteiger partial charge in [0.25, 0.3) is 0 Å². The van der Waals surface area contributed by atoms with Gasteiger partial charge in [-0.25, -0.2) is 9.97 Å². The van der Waals surface area contributed by atoms with Gasteiger partial charge in [0.15, 0.2) is 0 Å². The van der Waals surface area contributed by atoms with E-state index >= 15 is 0 Å². The first-order chi connectivity index (χ1) is 9.79. The van der Waals surface area contributed by atoms with Gasteiger partial charge < -0.3 is 4.98 Å². The minimum atomic E-state index is 0.220. The van der Waals surface area contributed by atoms with Gasteiger partial charge in [-0.2, -0.15) is 0 Å². The third kappa shape index (κ3) is 2.64. The largest absolute Gasteiger partial charge is 0.360 e. The number of aromatic amines is 1. The van der Waals surface area contributed by atoms with E-state index in [-0.39, 0.29) is 5.28 Å². The second-order valence-corrected chi connectivity index (χ2v) is 5.97. The van der Waals surface area contributed by atoms with E-state index in [9.17, 15) is 0 Å². The fourth-order valence-corrected chi connectivity index (χ4v) is 2.61. The van der Waals surface area contributed by atoms with Crippen LogP contribution in [0.1, 0.15) is 5.56 Å². The molecule has 0 atom stereocenters. The number of H-pyrrole nitrogens is 1. The highest BCUT2D eigenvalue weighted by molar-refractivity contribution is 14.2. The van der Waals surface area contributed by atoms with Gasteiger partial charge in [0.05, 0.1) is 11.3 Å². The molecule has 0 amide bonds. The third-order valence-corrected chi connectivity index (χ3v) is 3.85. The van der Waals surface area contributed by atoms with E-state index in [1.807, 2.05) is 30.5 Å². The Balaban J connectivity index is 2.25. The van der Waals surface area contributed by atoms with E-state index in [0.29, 0.717) is 0 Å². The van der Waals surface area contributed by atoms with E-state index in [0.717, 1.165) is 27.7 Å². The first-order valence-electron chi connectivity index (χ1n) is 5.67. The van der Waals surface area contributed by atoms with Crippen molar-refractivity contribution in [2.24, 2.45) is 0 Å². The molecule has 0 saturated carbocycles. The minimum absolute atomic E-state index is 0.220. The fourth-order valence-electron chi connectivity index (χ4n) is 2.00. The number of benzene rings is 1. The number of fused-ring (bicyclic) bond motifs is 1. The van der Waals surface area contributed by atoms with Gasteiger partial charge >= 0.3 is 0 Å². The molecular formula is C14H7ClIN3S. The van der Waals surface area contributed by atoms with E-state index in [1.165, 1.54) is 8.93 Å². The number of halogens is 2. The quantitative estimate of drug-likeness (QED) is 0.359. The molecule has 2 aromatic heterocycles. The van der Waals surface area contributed by atoms with Crippen LogP contribution in [0.5, 0.6) is 0 Å². The second kappa shape index (κ2) is 6.04. The Morgan fingerprint density at radius 2 is 2.15 bits per heavy atom. The Morgan fingerprint density at radius 3 is 3.00 bits per heavy atom. The molecule has 0 unspecified atom stereocenters. The lowest BCUT2D eigenvalue weighted by Crippen LogP contribution is -1.92. The zero-order valence-corrected chi connectivity index (χ0v) is 13.8. The van der Waals surface area contributed by atoms with Gasteiger partial charge in [0, 0.05) is 50.1 Å². The summed E-state index contributed by atoms with van der Waals surface area (Å²) in [6.45, 7) is 0. The van der Waals surface area contributed by atoms with Gasteiger partial charge in [-0.15, -0.1) is 0 Å². The van der Waals surface area contributed by atoms with Crippen molar-refractivity contribution in [3.63, 3.8) is 0 Å². The maximum Gasteiger partial charge on any atom is 0.222 e. The predicted molar refractivity (Wildman–Crippen MR) is 92.8 cm³/mol. The zero-order valence-electron chi connectivity index (χ0n) is 10.0. The first kappa shape index (κ1) is 13.7. The fraction of sp³-hybridized carbons (Fsp3) is 0. The summed E-state index contributed by atoms with van der Waals surface area (Å²) in [6.07, 6.45) is 3.58.